The average Bonchev–Trinajstić information content (AvgIpc) is 3.54. The summed E-state index contributed by atoms with van der Waals surface area (Å²) >= 11 is 6.21. The molecule has 4 rings (SSSR count). The number of cyclic esters (lactones) is 1. The quantitative estimate of drug-likeness (QED) is 0.269. The van der Waals surface area contributed by atoms with Crippen molar-refractivity contribution in [2.45, 2.75) is 46.1 Å². The van der Waals surface area contributed by atoms with Crippen LogP contribution in [0.15, 0.2) is 35.9 Å². The maximum Gasteiger partial charge on any atom is 0.341 e. The Labute approximate surface area is 245 Å². The molecule has 220 valence electrons. The number of hydrogen-bond donors (Lipinski definition) is 2. The summed E-state index contributed by atoms with van der Waals surface area (Å²) in [4.78, 5) is 38.1. The van der Waals surface area contributed by atoms with Gasteiger partial charge >= 0.3 is 18.0 Å². The van der Waals surface area contributed by atoms with Gasteiger partial charge in [-0.15, -0.1) is 0 Å². The Bertz CT molecular complexity index is 1340. The van der Waals surface area contributed by atoms with Crippen molar-refractivity contribution in [1.82, 2.24) is 10.0 Å². The number of halogens is 1. The Kier molecular flexibility index (Phi) is 10.3. The molecule has 2 aliphatic heterocycles. The summed E-state index contributed by atoms with van der Waals surface area (Å²) in [6, 6.07) is 6.31. The molecule has 41 heavy (non-hydrogen) atoms. The lowest BCUT2D eigenvalue weighted by molar-refractivity contribution is -0.144. The molecule has 2 aromatic rings. The van der Waals surface area contributed by atoms with Gasteiger partial charge in [0.05, 0.1) is 29.1 Å². The second-order valence-corrected chi connectivity index (χ2v) is 10.6. The van der Waals surface area contributed by atoms with Gasteiger partial charge in [-0.1, -0.05) is 35.4 Å². The standard InChI is InChI=1S/C30H37ClN4O6/c1-19(11-13-25(36)40-17-16-35-15-7-14-34(35)3)10-12-21-27(33-30(38)32-24-9-6-5-8-23(24)31)26-22(18-41-29(26)37)20(2)28(21)39-4/h5-6,8-10H,7,11-18H2,1-4H3,(H2,32,33,38). The monoisotopic (exact) mass is 584 g/mol. The number of para-hydroxylation sites is 1. The molecule has 0 atom stereocenters. The first kappa shape index (κ1) is 30.4. The van der Waals surface area contributed by atoms with Gasteiger partial charge in [0.25, 0.3) is 0 Å². The molecule has 0 unspecified atom stereocenters. The van der Waals surface area contributed by atoms with Crippen LogP contribution in [-0.2, 0) is 27.3 Å². The number of ether oxygens (including phenoxy) is 3. The van der Waals surface area contributed by atoms with Gasteiger partial charge in [-0.2, -0.15) is 0 Å². The number of hydrazine groups is 1. The van der Waals surface area contributed by atoms with Crippen LogP contribution in [0.5, 0.6) is 5.75 Å². The van der Waals surface area contributed by atoms with Gasteiger partial charge in [-0.3, -0.25) is 4.79 Å². The molecule has 2 amide bonds. The van der Waals surface area contributed by atoms with Crippen molar-refractivity contribution in [2.24, 2.45) is 0 Å². The van der Waals surface area contributed by atoms with E-state index < -0.39 is 12.0 Å². The number of carbonyl (C=O) groups is 3. The second-order valence-electron chi connectivity index (χ2n) is 10.2. The Balaban J connectivity index is 1.47. The van der Waals surface area contributed by atoms with Crippen LogP contribution in [0, 0.1) is 6.92 Å². The van der Waals surface area contributed by atoms with Gasteiger partial charge in [0.15, 0.2) is 0 Å². The SMILES string of the molecule is COc1c(C)c2c(c(NC(=O)Nc3ccccc3Cl)c1CC=C(C)CCC(=O)OCCN1CCCN1C)C(=O)OC2. The number of esters is 2. The van der Waals surface area contributed by atoms with E-state index in [1.54, 1.807) is 31.4 Å². The van der Waals surface area contributed by atoms with Crippen LogP contribution < -0.4 is 15.4 Å². The van der Waals surface area contributed by atoms with Gasteiger partial charge < -0.3 is 24.8 Å². The number of fused-ring (bicyclic) bond motifs is 1. The average molecular weight is 585 g/mol. The molecule has 0 saturated carbocycles. The number of amides is 2. The summed E-state index contributed by atoms with van der Waals surface area (Å²) in [5.41, 5.74) is 4.12. The summed E-state index contributed by atoms with van der Waals surface area (Å²) in [6.07, 6.45) is 4.22. The van der Waals surface area contributed by atoms with Crippen molar-refractivity contribution in [2.75, 3.05) is 51.0 Å². The lowest BCUT2D eigenvalue weighted by Gasteiger charge is -2.23. The van der Waals surface area contributed by atoms with E-state index in [1.165, 1.54) is 0 Å². The predicted octanol–water partition coefficient (Wildman–Crippen LogP) is 5.34. The molecular weight excluding hydrogens is 548 g/mol. The van der Waals surface area contributed by atoms with Crippen LogP contribution >= 0.6 is 11.6 Å². The van der Waals surface area contributed by atoms with E-state index in [-0.39, 0.29) is 19.0 Å². The van der Waals surface area contributed by atoms with Crippen LogP contribution in [0.3, 0.4) is 0 Å². The topological polar surface area (TPSA) is 109 Å². The molecule has 0 spiro atoms. The van der Waals surface area contributed by atoms with Crippen molar-refractivity contribution in [3.8, 4) is 5.75 Å². The molecule has 1 saturated heterocycles. The minimum atomic E-state index is -0.560. The van der Waals surface area contributed by atoms with Gasteiger partial charge in [-0.05, 0) is 50.8 Å². The van der Waals surface area contributed by atoms with Crippen molar-refractivity contribution in [3.63, 3.8) is 0 Å². The van der Waals surface area contributed by atoms with Crippen LogP contribution in [-0.4, -0.2) is 68.4 Å². The molecule has 0 aliphatic carbocycles. The van der Waals surface area contributed by atoms with Crippen LogP contribution in [0.1, 0.15) is 53.2 Å². The molecule has 0 bridgehead atoms. The summed E-state index contributed by atoms with van der Waals surface area (Å²) < 4.78 is 16.5. The Morgan fingerprint density at radius 2 is 1.95 bits per heavy atom. The Hall–Kier alpha value is -3.60. The normalized spacial score (nSPS) is 15.4. The number of allylic oxidation sites excluding steroid dienone is 2. The van der Waals surface area contributed by atoms with Crippen LogP contribution in [0.4, 0.5) is 16.2 Å². The van der Waals surface area contributed by atoms with Gasteiger partial charge in [0.2, 0.25) is 0 Å². The maximum absolute atomic E-state index is 13.0. The first-order valence-corrected chi connectivity index (χ1v) is 14.1. The Morgan fingerprint density at radius 3 is 2.66 bits per heavy atom. The van der Waals surface area contributed by atoms with E-state index in [4.69, 9.17) is 25.8 Å². The van der Waals surface area contributed by atoms with E-state index >= 15 is 0 Å². The number of nitrogens with one attached hydrogen (secondary N) is 2. The molecule has 1 fully saturated rings. The fourth-order valence-electron chi connectivity index (χ4n) is 5.11. The number of rotatable bonds is 11. The Morgan fingerprint density at radius 1 is 1.17 bits per heavy atom. The van der Waals surface area contributed by atoms with Crippen LogP contribution in [0.25, 0.3) is 0 Å². The third-order valence-electron chi connectivity index (χ3n) is 7.41. The van der Waals surface area contributed by atoms with E-state index in [1.807, 2.05) is 27.0 Å². The third kappa shape index (κ3) is 7.38. The van der Waals surface area contributed by atoms with E-state index in [0.29, 0.717) is 64.8 Å². The number of methoxy groups -OCH3 is 1. The second kappa shape index (κ2) is 13.8. The van der Waals surface area contributed by atoms with E-state index in [9.17, 15) is 14.4 Å². The highest BCUT2D eigenvalue weighted by Crippen LogP contribution is 2.41. The summed E-state index contributed by atoms with van der Waals surface area (Å²) in [7, 11) is 3.59. The number of nitrogens with zero attached hydrogens (tertiary/aromatic N) is 2. The third-order valence-corrected chi connectivity index (χ3v) is 7.74. The number of anilines is 2. The lowest BCUT2D eigenvalue weighted by atomic mass is 9.93. The minimum Gasteiger partial charge on any atom is -0.496 e. The molecule has 10 nitrogen and oxygen atoms in total. The molecular formula is C30H37ClN4O6. The zero-order valence-electron chi connectivity index (χ0n) is 24.0. The zero-order valence-corrected chi connectivity index (χ0v) is 24.7. The maximum atomic E-state index is 13.0. The highest BCUT2D eigenvalue weighted by Gasteiger charge is 2.32. The van der Waals surface area contributed by atoms with Crippen molar-refractivity contribution < 1.29 is 28.6 Å². The van der Waals surface area contributed by atoms with Crippen LogP contribution in [0.2, 0.25) is 5.02 Å². The molecule has 2 aliphatic rings. The van der Waals surface area contributed by atoms with Gasteiger partial charge in [0.1, 0.15) is 19.0 Å². The molecule has 2 N–H and O–H groups in total. The first-order valence-electron chi connectivity index (χ1n) is 13.7. The molecule has 0 radical (unpaired) electrons. The first-order chi connectivity index (χ1) is 19.7. The highest BCUT2D eigenvalue weighted by molar-refractivity contribution is 6.33. The van der Waals surface area contributed by atoms with E-state index in [2.05, 4.69) is 20.7 Å². The van der Waals surface area contributed by atoms with Crippen molar-refractivity contribution in [1.29, 1.82) is 0 Å². The summed E-state index contributed by atoms with van der Waals surface area (Å²) in [5.74, 6) is -0.194. The number of urea groups is 1. The van der Waals surface area contributed by atoms with E-state index in [0.717, 1.165) is 30.6 Å². The number of hydrogen-bond acceptors (Lipinski definition) is 8. The molecule has 11 heteroatoms. The minimum absolute atomic E-state index is 0.0997. The molecule has 0 aromatic heterocycles. The predicted molar refractivity (Wildman–Crippen MR) is 157 cm³/mol. The summed E-state index contributed by atoms with van der Waals surface area (Å²) in [6.45, 7) is 6.96. The summed E-state index contributed by atoms with van der Waals surface area (Å²) in [5, 5.41) is 10.3. The van der Waals surface area contributed by atoms with Crippen molar-refractivity contribution >= 4 is 40.9 Å². The van der Waals surface area contributed by atoms with Gasteiger partial charge in [-0.25, -0.2) is 19.6 Å². The number of benzene rings is 2. The van der Waals surface area contributed by atoms with Gasteiger partial charge in [0, 0.05) is 44.2 Å². The zero-order chi connectivity index (χ0) is 29.5. The fourth-order valence-corrected chi connectivity index (χ4v) is 5.29. The fraction of sp³-hybridized carbons (Fsp3) is 0.433. The van der Waals surface area contributed by atoms with Crippen molar-refractivity contribution in [3.05, 3.63) is 63.2 Å². The lowest BCUT2D eigenvalue weighted by Crippen LogP contribution is -2.36. The molecule has 2 heterocycles. The largest absolute Gasteiger partial charge is 0.496 e. The number of carbonyl (C=O) groups excluding carboxylic acids is 3. The smallest absolute Gasteiger partial charge is 0.341 e. The molecule has 2 aromatic carbocycles. The highest BCUT2D eigenvalue weighted by atomic mass is 35.5.